The maximum absolute atomic E-state index is 13.3. The highest BCUT2D eigenvalue weighted by molar-refractivity contribution is 7.92. The molecule has 0 radical (unpaired) electrons. The predicted molar refractivity (Wildman–Crippen MR) is 115 cm³/mol. The highest BCUT2D eigenvalue weighted by atomic mass is 32.2. The van der Waals surface area contributed by atoms with Crippen LogP contribution in [0, 0.1) is 0 Å². The third-order valence-corrected chi connectivity index (χ3v) is 6.49. The number of benzene rings is 2. The number of carbonyl (C=O) groups excluding carboxylic acids is 1. The summed E-state index contributed by atoms with van der Waals surface area (Å²) in [6, 6.07) is 5.91. The summed E-state index contributed by atoms with van der Waals surface area (Å²) in [5.74, 6) is -1.78. The second kappa shape index (κ2) is 9.85. The highest BCUT2D eigenvalue weighted by Crippen LogP contribution is 2.37. The van der Waals surface area contributed by atoms with Crippen LogP contribution < -0.4 is 25.6 Å². The number of carboxylic acid groups (broad SMARTS) is 1. The van der Waals surface area contributed by atoms with Crippen molar-refractivity contribution in [2.45, 2.75) is 11.1 Å². The van der Waals surface area contributed by atoms with Crippen molar-refractivity contribution in [2.75, 3.05) is 50.0 Å². The van der Waals surface area contributed by atoms with E-state index in [9.17, 15) is 31.5 Å². The first-order valence-electron chi connectivity index (χ1n) is 9.49. The van der Waals surface area contributed by atoms with Crippen molar-refractivity contribution in [2.24, 2.45) is 0 Å². The van der Waals surface area contributed by atoms with Crippen LogP contribution in [0.5, 0.6) is 5.75 Å². The molecule has 182 valence electrons. The van der Waals surface area contributed by atoms with Crippen LogP contribution in [0.2, 0.25) is 0 Å². The van der Waals surface area contributed by atoms with Crippen molar-refractivity contribution in [1.29, 1.82) is 0 Å². The van der Waals surface area contributed by atoms with E-state index in [0.29, 0.717) is 26.2 Å². The topological polar surface area (TPSA) is 139 Å². The SMILES string of the molecule is COc1ccc(C(=O)[O-])cc1S(=O)(=O)Nc1cc(C(F)(F)F)ccc1N1CCN(C)CC1.[NH4+]. The Morgan fingerprint density at radius 3 is 2.27 bits per heavy atom. The maximum atomic E-state index is 13.3. The lowest BCUT2D eigenvalue weighted by atomic mass is 10.1. The number of alkyl halides is 3. The lowest BCUT2D eigenvalue weighted by Crippen LogP contribution is -2.44. The Bertz CT molecular complexity index is 1120. The van der Waals surface area contributed by atoms with E-state index < -0.39 is 38.2 Å². The average Bonchev–Trinajstić information content (AvgIpc) is 2.73. The molecule has 1 saturated heterocycles. The number of methoxy groups -OCH3 is 1. The molecule has 5 N–H and O–H groups in total. The number of carboxylic acids is 1. The number of hydrogen-bond donors (Lipinski definition) is 2. The maximum Gasteiger partial charge on any atom is 0.416 e. The van der Waals surface area contributed by atoms with Crippen LogP contribution in [0.25, 0.3) is 0 Å². The van der Waals surface area contributed by atoms with E-state index in [0.717, 1.165) is 30.3 Å². The van der Waals surface area contributed by atoms with E-state index in [-0.39, 0.29) is 23.3 Å². The van der Waals surface area contributed by atoms with Gasteiger partial charge in [-0.2, -0.15) is 13.2 Å². The summed E-state index contributed by atoms with van der Waals surface area (Å²) in [6.07, 6.45) is -4.69. The van der Waals surface area contributed by atoms with Crippen LogP contribution in [-0.2, 0) is 16.2 Å². The Kier molecular flexibility index (Phi) is 7.83. The number of halogens is 3. The zero-order valence-electron chi connectivity index (χ0n) is 18.3. The number of piperazine rings is 1. The smallest absolute Gasteiger partial charge is 0.416 e. The Morgan fingerprint density at radius 2 is 1.73 bits per heavy atom. The predicted octanol–water partition coefficient (Wildman–Crippen LogP) is 2.01. The van der Waals surface area contributed by atoms with Crippen LogP contribution in [0.3, 0.4) is 0 Å². The van der Waals surface area contributed by atoms with E-state index in [1.165, 1.54) is 13.2 Å². The molecule has 0 unspecified atom stereocenters. The molecule has 3 rings (SSSR count). The van der Waals surface area contributed by atoms with Crippen molar-refractivity contribution < 1.29 is 36.2 Å². The first-order valence-corrected chi connectivity index (χ1v) is 11.0. The fraction of sp³-hybridized carbons (Fsp3) is 0.350. The monoisotopic (exact) mass is 490 g/mol. The number of nitrogens with one attached hydrogen (secondary N) is 1. The number of carbonyl (C=O) groups is 1. The van der Waals surface area contributed by atoms with Crippen molar-refractivity contribution >= 4 is 27.4 Å². The largest absolute Gasteiger partial charge is 0.545 e. The average molecular weight is 491 g/mol. The molecule has 0 atom stereocenters. The van der Waals surface area contributed by atoms with Gasteiger partial charge in [-0.3, -0.25) is 4.72 Å². The molecule has 1 aliphatic rings. The van der Waals surface area contributed by atoms with Crippen LogP contribution >= 0.6 is 0 Å². The van der Waals surface area contributed by atoms with E-state index in [1.807, 2.05) is 11.9 Å². The molecule has 1 aliphatic heterocycles. The Balaban J connectivity index is 0.00000385. The fourth-order valence-corrected chi connectivity index (χ4v) is 4.59. The molecular weight excluding hydrogens is 465 g/mol. The molecule has 0 bridgehead atoms. The molecule has 0 amide bonds. The van der Waals surface area contributed by atoms with Gasteiger partial charge in [0, 0.05) is 26.2 Å². The number of nitrogens with zero attached hydrogens (tertiary/aromatic N) is 2. The number of sulfonamides is 1. The van der Waals surface area contributed by atoms with Gasteiger partial charge < -0.3 is 30.6 Å². The summed E-state index contributed by atoms with van der Waals surface area (Å²) in [5, 5.41) is 11.2. The molecule has 0 aromatic heterocycles. The number of likely N-dealkylation sites (N-methyl/N-ethyl adjacent to an activating group) is 1. The van der Waals surface area contributed by atoms with Gasteiger partial charge in [0.25, 0.3) is 10.0 Å². The van der Waals surface area contributed by atoms with Crippen molar-refractivity contribution in [3.63, 3.8) is 0 Å². The number of rotatable bonds is 6. The summed E-state index contributed by atoms with van der Waals surface area (Å²) in [7, 11) is -1.42. The Morgan fingerprint density at radius 1 is 1.09 bits per heavy atom. The van der Waals surface area contributed by atoms with Gasteiger partial charge in [-0.05, 0) is 49.0 Å². The number of aromatic carboxylic acids is 1. The lowest BCUT2D eigenvalue weighted by Gasteiger charge is -2.35. The second-order valence-electron chi connectivity index (χ2n) is 7.28. The van der Waals surface area contributed by atoms with E-state index >= 15 is 0 Å². The molecule has 1 heterocycles. The molecule has 0 saturated carbocycles. The zero-order valence-corrected chi connectivity index (χ0v) is 19.1. The lowest BCUT2D eigenvalue weighted by molar-refractivity contribution is -0.255. The van der Waals surface area contributed by atoms with Gasteiger partial charge in [0.15, 0.2) is 0 Å². The minimum absolute atomic E-state index is 0. The third kappa shape index (κ3) is 5.86. The molecule has 9 nitrogen and oxygen atoms in total. The Hall–Kier alpha value is -3.03. The molecule has 0 aliphatic carbocycles. The van der Waals surface area contributed by atoms with Crippen molar-refractivity contribution in [1.82, 2.24) is 11.1 Å². The molecule has 2 aromatic rings. The van der Waals surface area contributed by atoms with Gasteiger partial charge in [0.05, 0.1) is 30.0 Å². The Labute approximate surface area is 189 Å². The van der Waals surface area contributed by atoms with Crippen LogP contribution in [0.15, 0.2) is 41.3 Å². The quantitative estimate of drug-likeness (QED) is 0.632. The molecule has 33 heavy (non-hydrogen) atoms. The summed E-state index contributed by atoms with van der Waals surface area (Å²) < 4.78 is 73.3. The van der Waals surface area contributed by atoms with Crippen LogP contribution in [-0.4, -0.2) is 59.6 Å². The van der Waals surface area contributed by atoms with E-state index in [2.05, 4.69) is 4.72 Å². The fourth-order valence-electron chi connectivity index (χ4n) is 3.33. The third-order valence-electron chi connectivity index (χ3n) is 5.10. The van der Waals surface area contributed by atoms with Crippen molar-refractivity contribution in [3.8, 4) is 5.75 Å². The van der Waals surface area contributed by atoms with Crippen molar-refractivity contribution in [3.05, 3.63) is 47.5 Å². The van der Waals surface area contributed by atoms with Crippen LogP contribution in [0.4, 0.5) is 24.5 Å². The molecule has 1 fully saturated rings. The minimum atomic E-state index is -4.69. The standard InChI is InChI=1S/C20H22F3N3O5S.H3N/c1-25-7-9-26(10-8-25)16-5-4-14(20(21,22)23)12-15(16)24-32(29,30)18-11-13(19(27)28)3-6-17(18)31-2;/h3-6,11-12,24H,7-10H2,1-2H3,(H,27,28);1H3. The zero-order chi connectivity index (χ0) is 23.7. The molecule has 0 spiro atoms. The number of anilines is 2. The summed E-state index contributed by atoms with van der Waals surface area (Å²) in [6.45, 7) is 2.27. The molecular formula is C20H25F3N4O5S. The normalized spacial score (nSPS) is 15.0. The second-order valence-corrected chi connectivity index (χ2v) is 8.93. The molecule has 13 heteroatoms. The van der Waals surface area contributed by atoms with E-state index in [4.69, 9.17) is 4.74 Å². The van der Waals surface area contributed by atoms with Gasteiger partial charge in [-0.1, -0.05) is 0 Å². The summed E-state index contributed by atoms with van der Waals surface area (Å²) in [4.78, 5) is 14.5. The van der Waals surface area contributed by atoms with Gasteiger partial charge in [0.2, 0.25) is 0 Å². The van der Waals surface area contributed by atoms with E-state index in [1.54, 1.807) is 4.90 Å². The first-order chi connectivity index (χ1) is 14.9. The van der Waals surface area contributed by atoms with Gasteiger partial charge in [-0.15, -0.1) is 0 Å². The van der Waals surface area contributed by atoms with Gasteiger partial charge in [-0.25, -0.2) is 8.42 Å². The van der Waals surface area contributed by atoms with Crippen LogP contribution in [0.1, 0.15) is 15.9 Å². The van der Waals surface area contributed by atoms with Gasteiger partial charge in [0.1, 0.15) is 10.6 Å². The number of hydrogen-bond acceptors (Lipinski definition) is 7. The minimum Gasteiger partial charge on any atom is -0.545 e. The highest BCUT2D eigenvalue weighted by Gasteiger charge is 2.33. The number of ether oxygens (including phenoxy) is 1. The van der Waals surface area contributed by atoms with Gasteiger partial charge >= 0.3 is 6.18 Å². The summed E-state index contributed by atoms with van der Waals surface area (Å²) >= 11 is 0. The summed E-state index contributed by atoms with van der Waals surface area (Å²) in [5.41, 5.74) is -1.44. The first kappa shape index (κ1) is 26.2. The number of quaternary nitrogens is 1. The molecule has 2 aromatic carbocycles.